The summed E-state index contributed by atoms with van der Waals surface area (Å²) >= 11 is 1.11. The van der Waals surface area contributed by atoms with Gasteiger partial charge in [-0.2, -0.15) is 13.2 Å². The molecule has 1 heterocycles. The van der Waals surface area contributed by atoms with E-state index >= 15 is 0 Å². The number of rotatable bonds is 4. The number of halogens is 4. The Labute approximate surface area is 133 Å². The lowest BCUT2D eigenvalue weighted by Gasteiger charge is -2.13. The van der Waals surface area contributed by atoms with Crippen LogP contribution in [0.4, 0.5) is 17.1 Å². The summed E-state index contributed by atoms with van der Waals surface area (Å²) in [6.07, 6.45) is -4.23. The lowest BCUT2D eigenvalue weighted by molar-refractivity contribution is -0.137. The Bertz CT molecular complexity index is 673. The van der Waals surface area contributed by atoms with E-state index in [2.05, 4.69) is 4.98 Å². The van der Waals surface area contributed by atoms with Crippen LogP contribution in [-0.2, 0) is 6.18 Å². The number of aliphatic hydroxyl groups excluding tert-OH is 1. The largest absolute Gasteiger partial charge is 0.416 e. The zero-order valence-electron chi connectivity index (χ0n) is 11.6. The van der Waals surface area contributed by atoms with Crippen molar-refractivity contribution in [3.8, 4) is 0 Å². The average Bonchev–Trinajstić information content (AvgIpc) is 2.81. The number of thioether (sulfide) groups is 1. The molecule has 0 radical (unpaired) electrons. The van der Waals surface area contributed by atoms with Crippen molar-refractivity contribution in [3.63, 3.8) is 0 Å². The highest BCUT2D eigenvalue weighted by atomic mass is 32.2. The number of hydrogen-bond acceptors (Lipinski definition) is 4. The number of alkyl halides is 3. The van der Waals surface area contributed by atoms with Crippen molar-refractivity contribution in [2.24, 2.45) is 0 Å². The molecule has 0 amide bonds. The molecule has 0 aliphatic rings. The molecule has 1 aromatic carbocycles. The van der Waals surface area contributed by atoms with Gasteiger partial charge in [0, 0.05) is 0 Å². The van der Waals surface area contributed by atoms with Crippen molar-refractivity contribution < 1.29 is 22.2 Å². The molecule has 0 aliphatic carbocycles. The monoisotopic (exact) mass is 352 g/mol. The van der Waals surface area contributed by atoms with E-state index in [1.54, 1.807) is 13.2 Å². The van der Waals surface area contributed by atoms with Crippen LogP contribution in [0.15, 0.2) is 29.3 Å². The van der Waals surface area contributed by atoms with E-state index in [4.69, 9.17) is 0 Å². The predicted molar refractivity (Wildman–Crippen MR) is 78.3 cm³/mol. The van der Waals surface area contributed by atoms with Crippen molar-refractivity contribution >= 4 is 24.1 Å². The first-order valence-electron chi connectivity index (χ1n) is 6.07. The van der Waals surface area contributed by atoms with Gasteiger partial charge in [-0.1, -0.05) is 12.1 Å². The zero-order chi connectivity index (χ0) is 16.5. The molecule has 3 nitrogen and oxygen atoms in total. The van der Waals surface area contributed by atoms with Gasteiger partial charge >= 0.3 is 6.18 Å². The second-order valence-corrected chi connectivity index (χ2v) is 5.75. The maximum Gasteiger partial charge on any atom is 0.416 e. The molecule has 2 aromatic rings. The van der Waals surface area contributed by atoms with Crippen LogP contribution in [0.25, 0.3) is 0 Å². The third kappa shape index (κ3) is 3.26. The van der Waals surface area contributed by atoms with Gasteiger partial charge in [-0.05, 0) is 30.9 Å². The molecule has 0 bridgehead atoms. The Morgan fingerprint density at radius 2 is 2.00 bits per heavy atom. The van der Waals surface area contributed by atoms with Crippen LogP contribution in [-0.4, -0.2) is 20.3 Å². The number of nitrogens with zero attached hydrogens (tertiary/aromatic N) is 2. The van der Waals surface area contributed by atoms with Gasteiger partial charge in [0.05, 0.1) is 11.3 Å². The molecule has 0 saturated heterocycles. The van der Waals surface area contributed by atoms with Gasteiger partial charge in [0.25, 0.3) is 0 Å². The van der Waals surface area contributed by atoms with Crippen LogP contribution >= 0.6 is 24.1 Å². The van der Waals surface area contributed by atoms with E-state index in [9.17, 15) is 22.2 Å². The van der Waals surface area contributed by atoms with Crippen LogP contribution in [0, 0.1) is 6.92 Å². The highest BCUT2D eigenvalue weighted by molar-refractivity contribution is 7.98. The maximum absolute atomic E-state index is 13.1. The molecule has 0 aliphatic heterocycles. The van der Waals surface area contributed by atoms with Gasteiger partial charge in [0.2, 0.25) is 0 Å². The molecule has 1 atom stereocenters. The van der Waals surface area contributed by atoms with Gasteiger partial charge in [0.15, 0.2) is 18.2 Å². The summed E-state index contributed by atoms with van der Waals surface area (Å²) in [6, 6.07) is 4.28. The minimum Gasteiger partial charge on any atom is -0.380 e. The maximum atomic E-state index is 13.1. The van der Waals surface area contributed by atoms with E-state index in [0.29, 0.717) is 10.7 Å². The lowest BCUT2D eigenvalue weighted by Crippen LogP contribution is -2.10. The van der Waals surface area contributed by atoms with Gasteiger partial charge in [-0.15, -0.1) is 15.6 Å². The van der Waals surface area contributed by atoms with Crippen LogP contribution in [0.2, 0.25) is 0 Å². The van der Waals surface area contributed by atoms with Crippen molar-refractivity contribution in [1.82, 2.24) is 8.96 Å². The van der Waals surface area contributed by atoms with Gasteiger partial charge in [-0.25, -0.2) is 8.96 Å². The molecule has 120 valence electrons. The lowest BCUT2D eigenvalue weighted by atomic mass is 10.1. The summed E-state index contributed by atoms with van der Waals surface area (Å²) < 4.78 is 52.3. The summed E-state index contributed by atoms with van der Waals surface area (Å²) in [6.45, 7) is 1.62. The second kappa shape index (κ2) is 6.51. The van der Waals surface area contributed by atoms with Crippen molar-refractivity contribution in [1.29, 1.82) is 0 Å². The van der Waals surface area contributed by atoms with Crippen LogP contribution in [0.3, 0.4) is 0 Å². The summed E-state index contributed by atoms with van der Waals surface area (Å²) in [5, 5.41) is 10.8. The standard InChI is InChI=1S/C13H12F4N2OS2/c1-7-12(21-2)18-11(19(7)22-17)10(20)8-4-3-5-9(6-8)13(14,15)16/h3-6,10,20H,1-2H3. The molecule has 0 fully saturated rings. The third-order valence-corrected chi connectivity index (χ3v) is 4.45. The highest BCUT2D eigenvalue weighted by Crippen LogP contribution is 2.34. The second-order valence-electron chi connectivity index (χ2n) is 4.45. The predicted octanol–water partition coefficient (Wildman–Crippen LogP) is 4.39. The quantitative estimate of drug-likeness (QED) is 0.654. The van der Waals surface area contributed by atoms with Crippen LogP contribution in [0.1, 0.15) is 28.7 Å². The number of imidazole rings is 1. The van der Waals surface area contributed by atoms with E-state index in [0.717, 1.165) is 16.1 Å². The molecule has 2 rings (SSSR count). The average molecular weight is 352 g/mol. The Hall–Kier alpha value is -1.19. The fraction of sp³-hybridized carbons (Fsp3) is 0.308. The first kappa shape index (κ1) is 17.2. The highest BCUT2D eigenvalue weighted by Gasteiger charge is 2.31. The molecule has 1 N–H and O–H groups in total. The van der Waals surface area contributed by atoms with Crippen LogP contribution < -0.4 is 0 Å². The number of aliphatic hydroxyl groups is 1. The molecule has 1 unspecified atom stereocenters. The smallest absolute Gasteiger partial charge is 0.380 e. The third-order valence-electron chi connectivity index (χ3n) is 3.07. The molecule has 0 saturated carbocycles. The van der Waals surface area contributed by atoms with E-state index in [-0.39, 0.29) is 23.7 Å². The number of hydrogen-bond donors (Lipinski definition) is 1. The first-order chi connectivity index (χ1) is 10.3. The fourth-order valence-electron chi connectivity index (χ4n) is 1.98. The SMILES string of the molecule is CSc1nc(C(O)c2cccc(C(F)(F)F)c2)n(SF)c1C. The van der Waals surface area contributed by atoms with Gasteiger partial charge < -0.3 is 5.11 Å². The van der Waals surface area contributed by atoms with Gasteiger partial charge in [0.1, 0.15) is 11.1 Å². The van der Waals surface area contributed by atoms with E-state index in [1.165, 1.54) is 23.9 Å². The normalized spacial score (nSPS) is 13.4. The Balaban J connectivity index is 2.46. The summed E-state index contributed by atoms with van der Waals surface area (Å²) in [4.78, 5) is 4.10. The summed E-state index contributed by atoms with van der Waals surface area (Å²) in [5.74, 6) is -0.0475. The van der Waals surface area contributed by atoms with Gasteiger partial charge in [-0.3, -0.25) is 0 Å². The fourth-order valence-corrected chi connectivity index (χ4v) is 3.01. The molecular formula is C13H12F4N2OS2. The number of aromatic nitrogens is 2. The number of benzene rings is 1. The summed E-state index contributed by atoms with van der Waals surface area (Å²) in [5.41, 5.74) is -0.388. The minimum absolute atomic E-state index is 0.00257. The van der Waals surface area contributed by atoms with Crippen LogP contribution in [0.5, 0.6) is 0 Å². The Morgan fingerprint density at radius 3 is 2.55 bits per heavy atom. The first-order valence-corrected chi connectivity index (χ1v) is 7.97. The zero-order valence-corrected chi connectivity index (χ0v) is 13.2. The molecular weight excluding hydrogens is 340 g/mol. The minimum atomic E-state index is -4.51. The van der Waals surface area contributed by atoms with E-state index in [1.807, 2.05) is 0 Å². The summed E-state index contributed by atoms with van der Waals surface area (Å²) in [7, 11) is 0. The topological polar surface area (TPSA) is 38.1 Å². The Morgan fingerprint density at radius 1 is 1.32 bits per heavy atom. The molecule has 22 heavy (non-hydrogen) atoms. The Kier molecular flexibility index (Phi) is 5.08. The molecule has 1 aromatic heterocycles. The molecule has 9 heteroatoms. The van der Waals surface area contributed by atoms with E-state index < -0.39 is 17.8 Å². The van der Waals surface area contributed by atoms with Crippen molar-refractivity contribution in [3.05, 3.63) is 46.9 Å². The van der Waals surface area contributed by atoms with Crippen molar-refractivity contribution in [2.45, 2.75) is 24.2 Å². The molecule has 0 spiro atoms. The van der Waals surface area contributed by atoms with Crippen molar-refractivity contribution in [2.75, 3.05) is 6.26 Å².